The third kappa shape index (κ3) is 10.1. The Morgan fingerprint density at radius 3 is 2.29 bits per heavy atom. The number of aromatic carboxylic acids is 1. The molecule has 0 bridgehead atoms. The summed E-state index contributed by atoms with van der Waals surface area (Å²) in [5.41, 5.74) is 1.59. The van der Waals surface area contributed by atoms with Crippen molar-refractivity contribution in [2.75, 3.05) is 0 Å². The third-order valence-corrected chi connectivity index (χ3v) is 3.63. The van der Waals surface area contributed by atoms with Crippen LogP contribution in [0.1, 0.15) is 68.3 Å². The summed E-state index contributed by atoms with van der Waals surface area (Å²) in [6.45, 7) is 9.72. The molecule has 0 aliphatic heterocycles. The molecule has 0 saturated heterocycles. The largest absolute Gasteiger partial charge is 0.478 e. The Kier molecular flexibility index (Phi) is 12.6. The van der Waals surface area contributed by atoms with Crippen LogP contribution in [0.5, 0.6) is 0 Å². The van der Waals surface area contributed by atoms with E-state index in [1.165, 1.54) is 5.56 Å². The molecule has 0 amide bonds. The van der Waals surface area contributed by atoms with Crippen LogP contribution in [-0.4, -0.2) is 11.1 Å². The number of hydrogen-bond acceptors (Lipinski definition) is 1. The van der Waals surface area contributed by atoms with Crippen molar-refractivity contribution in [3.8, 4) is 0 Å². The fraction of sp³-hybridized carbons (Fsp3) is 0.381. The van der Waals surface area contributed by atoms with Gasteiger partial charge in [0.2, 0.25) is 0 Å². The highest BCUT2D eigenvalue weighted by Gasteiger charge is 2.10. The maximum Gasteiger partial charge on any atom is 0.335 e. The van der Waals surface area contributed by atoms with Gasteiger partial charge in [0, 0.05) is 5.03 Å². The molecule has 132 valence electrons. The molecule has 3 heteroatoms. The monoisotopic (exact) mass is 348 g/mol. The third-order valence-electron chi connectivity index (χ3n) is 3.50. The lowest BCUT2D eigenvalue weighted by Gasteiger charge is -2.15. The molecule has 1 aromatic rings. The van der Waals surface area contributed by atoms with Gasteiger partial charge in [-0.1, -0.05) is 55.3 Å². The van der Waals surface area contributed by atoms with E-state index >= 15 is 0 Å². The standard InChI is InChI=1S/C15H20O2.C6H9Cl/c1-3-5-7-12(6-4-2)13-8-10-14(11-9-13)15(16)17;1-3-4-5-6(2)7/h3,8-12H,1,4-7H2,2H3,(H,16,17);3-5H,1-2H3/b;4-3-,6-5+/t12-;/m0./s1. The zero-order chi connectivity index (χ0) is 18.4. The van der Waals surface area contributed by atoms with Gasteiger partial charge in [-0.3, -0.25) is 0 Å². The van der Waals surface area contributed by atoms with Crippen LogP contribution in [-0.2, 0) is 0 Å². The number of carboxylic acid groups (broad SMARTS) is 1. The lowest BCUT2D eigenvalue weighted by Crippen LogP contribution is -2.01. The molecule has 0 aliphatic carbocycles. The first kappa shape index (κ1) is 22.2. The molecule has 0 unspecified atom stereocenters. The van der Waals surface area contributed by atoms with Gasteiger partial charge in [-0.15, -0.1) is 6.58 Å². The molecular formula is C21H29ClO2. The number of carboxylic acids is 1. The van der Waals surface area contributed by atoms with E-state index in [1.54, 1.807) is 12.1 Å². The Morgan fingerprint density at radius 2 is 1.92 bits per heavy atom. The summed E-state index contributed by atoms with van der Waals surface area (Å²) >= 11 is 5.47. The van der Waals surface area contributed by atoms with Gasteiger partial charge in [0.25, 0.3) is 0 Å². The fourth-order valence-electron chi connectivity index (χ4n) is 2.27. The minimum absolute atomic E-state index is 0.354. The average Bonchev–Trinajstić information content (AvgIpc) is 2.57. The Morgan fingerprint density at radius 1 is 1.29 bits per heavy atom. The van der Waals surface area contributed by atoms with E-state index in [4.69, 9.17) is 16.7 Å². The number of benzene rings is 1. The SMILES string of the molecule is C/C=C\C=C(/C)Cl.C=CCC[C@H](CCC)c1ccc(C(=O)O)cc1. The maximum absolute atomic E-state index is 10.8. The topological polar surface area (TPSA) is 37.3 Å². The first-order chi connectivity index (χ1) is 11.5. The molecular weight excluding hydrogens is 320 g/mol. The molecule has 1 atom stereocenters. The van der Waals surface area contributed by atoms with Gasteiger partial charge in [0.1, 0.15) is 0 Å². The lowest BCUT2D eigenvalue weighted by molar-refractivity contribution is 0.0697. The number of carbonyl (C=O) groups is 1. The summed E-state index contributed by atoms with van der Waals surface area (Å²) in [4.78, 5) is 10.8. The summed E-state index contributed by atoms with van der Waals surface area (Å²) in [5.74, 6) is -0.351. The van der Waals surface area contributed by atoms with E-state index < -0.39 is 5.97 Å². The summed E-state index contributed by atoms with van der Waals surface area (Å²) < 4.78 is 0. The quantitative estimate of drug-likeness (QED) is 0.408. The van der Waals surface area contributed by atoms with Crippen LogP contribution in [0.25, 0.3) is 0 Å². The van der Waals surface area contributed by atoms with Gasteiger partial charge in [0.15, 0.2) is 0 Å². The minimum atomic E-state index is -0.866. The number of hydrogen-bond donors (Lipinski definition) is 1. The molecule has 0 fully saturated rings. The molecule has 0 radical (unpaired) electrons. The maximum atomic E-state index is 10.8. The average molecular weight is 349 g/mol. The molecule has 0 saturated carbocycles. The van der Waals surface area contributed by atoms with Gasteiger partial charge in [-0.2, -0.15) is 0 Å². The van der Waals surface area contributed by atoms with Gasteiger partial charge >= 0.3 is 5.97 Å². The van der Waals surface area contributed by atoms with E-state index in [0.29, 0.717) is 11.5 Å². The van der Waals surface area contributed by atoms with Crippen molar-refractivity contribution in [1.29, 1.82) is 0 Å². The summed E-state index contributed by atoms with van der Waals surface area (Å²) in [6.07, 6.45) is 12.0. The Bertz CT molecular complexity index is 537. The highest BCUT2D eigenvalue weighted by Crippen LogP contribution is 2.26. The van der Waals surface area contributed by atoms with Crippen molar-refractivity contribution in [1.82, 2.24) is 0 Å². The molecule has 24 heavy (non-hydrogen) atoms. The molecule has 2 nitrogen and oxygen atoms in total. The number of rotatable bonds is 8. The normalized spacial score (nSPS) is 12.4. The second-order valence-corrected chi connectivity index (χ2v) is 6.15. The first-order valence-electron chi connectivity index (χ1n) is 8.35. The highest BCUT2D eigenvalue weighted by molar-refractivity contribution is 6.29. The molecule has 1 aromatic carbocycles. The molecule has 0 heterocycles. The first-order valence-corrected chi connectivity index (χ1v) is 8.73. The summed E-state index contributed by atoms with van der Waals surface area (Å²) in [5, 5.41) is 9.66. The van der Waals surface area contributed by atoms with Crippen molar-refractivity contribution < 1.29 is 9.90 Å². The van der Waals surface area contributed by atoms with Crippen molar-refractivity contribution in [2.24, 2.45) is 0 Å². The Labute approximate surface area is 151 Å². The smallest absolute Gasteiger partial charge is 0.335 e. The van der Waals surface area contributed by atoms with E-state index in [2.05, 4.69) is 13.5 Å². The van der Waals surface area contributed by atoms with Crippen LogP contribution in [0.2, 0.25) is 0 Å². The van der Waals surface area contributed by atoms with Crippen LogP contribution < -0.4 is 0 Å². The second kappa shape index (κ2) is 13.6. The van der Waals surface area contributed by atoms with E-state index in [1.807, 2.05) is 50.3 Å². The lowest BCUT2D eigenvalue weighted by atomic mass is 9.90. The van der Waals surface area contributed by atoms with E-state index in [-0.39, 0.29) is 0 Å². The van der Waals surface area contributed by atoms with Gasteiger partial charge < -0.3 is 5.11 Å². The van der Waals surface area contributed by atoms with Crippen LogP contribution in [0.15, 0.2) is 60.2 Å². The second-order valence-electron chi connectivity index (χ2n) is 5.56. The minimum Gasteiger partial charge on any atom is -0.478 e. The Balaban J connectivity index is 0.000000640. The van der Waals surface area contributed by atoms with Crippen LogP contribution >= 0.6 is 11.6 Å². The predicted molar refractivity (Wildman–Crippen MR) is 105 cm³/mol. The van der Waals surface area contributed by atoms with Crippen LogP contribution in [0.4, 0.5) is 0 Å². The number of halogens is 1. The molecule has 0 spiro atoms. The predicted octanol–water partition coefficient (Wildman–Crippen LogP) is 6.94. The summed E-state index contributed by atoms with van der Waals surface area (Å²) in [6, 6.07) is 7.25. The van der Waals surface area contributed by atoms with Crippen molar-refractivity contribution in [2.45, 2.75) is 52.4 Å². The van der Waals surface area contributed by atoms with Gasteiger partial charge in [-0.25, -0.2) is 4.79 Å². The number of allylic oxidation sites excluding steroid dienone is 5. The van der Waals surface area contributed by atoms with Crippen LogP contribution in [0, 0.1) is 0 Å². The molecule has 1 rings (SSSR count). The zero-order valence-electron chi connectivity index (χ0n) is 15.0. The highest BCUT2D eigenvalue weighted by atomic mass is 35.5. The molecule has 0 aromatic heterocycles. The van der Waals surface area contributed by atoms with Crippen LogP contribution in [0.3, 0.4) is 0 Å². The zero-order valence-corrected chi connectivity index (χ0v) is 15.7. The van der Waals surface area contributed by atoms with Crippen molar-refractivity contribution in [3.63, 3.8) is 0 Å². The summed E-state index contributed by atoms with van der Waals surface area (Å²) in [7, 11) is 0. The van der Waals surface area contributed by atoms with E-state index in [9.17, 15) is 4.79 Å². The van der Waals surface area contributed by atoms with Crippen molar-refractivity contribution in [3.05, 3.63) is 71.3 Å². The molecule has 1 N–H and O–H groups in total. The molecule has 0 aliphatic rings. The fourth-order valence-corrected chi connectivity index (χ4v) is 2.34. The van der Waals surface area contributed by atoms with Gasteiger partial charge in [-0.05, 0) is 62.8 Å². The Hall–Kier alpha value is -1.80. The van der Waals surface area contributed by atoms with Crippen molar-refractivity contribution >= 4 is 17.6 Å². The van der Waals surface area contributed by atoms with Gasteiger partial charge in [0.05, 0.1) is 5.56 Å². The van der Waals surface area contributed by atoms with E-state index in [0.717, 1.165) is 30.7 Å².